The molecule has 1 aromatic carbocycles. The third-order valence-electron chi connectivity index (χ3n) is 3.39. The van der Waals surface area contributed by atoms with E-state index in [4.69, 9.17) is 0 Å². The number of nitro groups is 1. The molecule has 0 amide bonds. The predicted molar refractivity (Wildman–Crippen MR) is 82.2 cm³/mol. The van der Waals surface area contributed by atoms with E-state index in [1.165, 1.54) is 13.0 Å². The maximum Gasteiger partial charge on any atom is 0.265 e. The average molecular weight is 308 g/mol. The first-order valence-electron chi connectivity index (χ1n) is 6.29. The van der Waals surface area contributed by atoms with Crippen molar-refractivity contribution in [2.75, 3.05) is 24.7 Å². The van der Waals surface area contributed by atoms with Crippen LogP contribution in [0.15, 0.2) is 40.4 Å². The summed E-state index contributed by atoms with van der Waals surface area (Å²) in [6, 6.07) is 7.30. The van der Waals surface area contributed by atoms with E-state index < -0.39 is 20.5 Å². The summed E-state index contributed by atoms with van der Waals surface area (Å²) in [5.74, 6) is -0.534. The van der Waals surface area contributed by atoms with Crippen LogP contribution in [0.3, 0.4) is 0 Å². The normalized spacial score (nSPS) is 19.1. The quantitative estimate of drug-likeness (QED) is 0.631. The fraction of sp³-hybridized carbons (Fsp3) is 0.286. The van der Waals surface area contributed by atoms with Gasteiger partial charge < -0.3 is 4.90 Å². The number of allylic oxidation sites excluding steroid dienone is 1. The van der Waals surface area contributed by atoms with Crippen LogP contribution < -0.4 is 4.90 Å². The van der Waals surface area contributed by atoms with Gasteiger partial charge in [0.2, 0.25) is 0 Å². The smallest absolute Gasteiger partial charge is 0.265 e. The second-order valence-electron chi connectivity index (χ2n) is 5.08. The van der Waals surface area contributed by atoms with Gasteiger partial charge in [-0.05, 0) is 30.7 Å². The molecule has 0 unspecified atom stereocenters. The summed E-state index contributed by atoms with van der Waals surface area (Å²) in [6.07, 6.45) is 1.49. The minimum Gasteiger partial charge on any atom is -0.378 e. The Morgan fingerprint density at radius 2 is 1.81 bits per heavy atom. The molecular weight excluding hydrogens is 292 g/mol. The summed E-state index contributed by atoms with van der Waals surface area (Å²) in [4.78, 5) is 12.2. The molecule has 1 aromatic rings. The molecule has 0 bridgehead atoms. The third kappa shape index (κ3) is 2.97. The molecule has 0 aromatic heterocycles. The molecule has 0 spiro atoms. The molecule has 6 nitrogen and oxygen atoms in total. The number of benzene rings is 1. The van der Waals surface area contributed by atoms with Crippen molar-refractivity contribution in [3.8, 4) is 0 Å². The molecule has 0 fully saturated rings. The van der Waals surface area contributed by atoms with Gasteiger partial charge in [0.25, 0.3) is 5.70 Å². The molecule has 1 heterocycles. The summed E-state index contributed by atoms with van der Waals surface area (Å²) >= 11 is 0. The first-order valence-corrected chi connectivity index (χ1v) is 7.94. The first-order chi connectivity index (χ1) is 9.72. The van der Waals surface area contributed by atoms with Crippen LogP contribution in [0.5, 0.6) is 0 Å². The van der Waals surface area contributed by atoms with Crippen LogP contribution in [-0.4, -0.2) is 33.2 Å². The lowest BCUT2D eigenvalue weighted by Gasteiger charge is -2.12. The van der Waals surface area contributed by atoms with Gasteiger partial charge in [-0.2, -0.15) is 0 Å². The number of anilines is 1. The minimum absolute atomic E-state index is 0.0341. The summed E-state index contributed by atoms with van der Waals surface area (Å²) in [6.45, 7) is 1.47. The molecule has 0 saturated heterocycles. The Balaban J connectivity index is 2.46. The standard InChI is InChI=1S/C14H16N2O4S/c1-10-13(16(17)18)9-21(19,20)14(10)8-11-4-6-12(7-5-11)15(2)3/h4-8H,9H2,1-3H3/b14-8+. The van der Waals surface area contributed by atoms with Gasteiger partial charge >= 0.3 is 0 Å². The Morgan fingerprint density at radius 1 is 1.24 bits per heavy atom. The molecule has 21 heavy (non-hydrogen) atoms. The van der Waals surface area contributed by atoms with Gasteiger partial charge in [0.05, 0.1) is 9.83 Å². The Morgan fingerprint density at radius 3 is 2.24 bits per heavy atom. The molecule has 0 N–H and O–H groups in total. The molecule has 0 atom stereocenters. The van der Waals surface area contributed by atoms with Gasteiger partial charge in [0.15, 0.2) is 9.84 Å². The number of rotatable bonds is 3. The van der Waals surface area contributed by atoms with Crippen molar-refractivity contribution in [2.24, 2.45) is 0 Å². The summed E-state index contributed by atoms with van der Waals surface area (Å²) in [7, 11) is 0.196. The lowest BCUT2D eigenvalue weighted by molar-refractivity contribution is -0.424. The van der Waals surface area contributed by atoms with Crippen molar-refractivity contribution in [1.82, 2.24) is 0 Å². The Kier molecular flexibility index (Phi) is 3.87. The predicted octanol–water partition coefficient (Wildman–Crippen LogP) is 2.07. The van der Waals surface area contributed by atoms with Gasteiger partial charge in [-0.15, -0.1) is 0 Å². The number of hydrogen-bond acceptors (Lipinski definition) is 5. The van der Waals surface area contributed by atoms with E-state index in [9.17, 15) is 18.5 Å². The van der Waals surface area contributed by atoms with E-state index in [-0.39, 0.29) is 16.2 Å². The van der Waals surface area contributed by atoms with Gasteiger partial charge in [-0.3, -0.25) is 10.1 Å². The van der Waals surface area contributed by atoms with E-state index >= 15 is 0 Å². The zero-order chi connectivity index (χ0) is 15.8. The maximum absolute atomic E-state index is 12.0. The monoisotopic (exact) mass is 308 g/mol. The first kappa shape index (κ1) is 15.2. The van der Waals surface area contributed by atoms with Crippen molar-refractivity contribution in [3.05, 3.63) is 56.1 Å². The summed E-state index contributed by atoms with van der Waals surface area (Å²) in [5, 5.41) is 10.9. The Labute approximate surface area is 123 Å². The third-order valence-corrected chi connectivity index (χ3v) is 5.14. The van der Waals surface area contributed by atoms with E-state index in [1.54, 1.807) is 12.1 Å². The topological polar surface area (TPSA) is 80.5 Å². The number of sulfone groups is 1. The maximum atomic E-state index is 12.0. The Bertz CT molecular complexity index is 744. The average Bonchev–Trinajstić information content (AvgIpc) is 2.63. The minimum atomic E-state index is -3.62. The highest BCUT2D eigenvalue weighted by molar-refractivity contribution is 7.96. The fourth-order valence-electron chi connectivity index (χ4n) is 2.15. The van der Waals surface area contributed by atoms with E-state index in [0.29, 0.717) is 5.56 Å². The molecule has 1 aliphatic rings. The van der Waals surface area contributed by atoms with E-state index in [0.717, 1.165) is 5.69 Å². The molecule has 0 aliphatic carbocycles. The highest BCUT2D eigenvalue weighted by atomic mass is 32.2. The van der Waals surface area contributed by atoms with E-state index in [2.05, 4.69) is 0 Å². The van der Waals surface area contributed by atoms with Crippen molar-refractivity contribution >= 4 is 21.6 Å². The molecule has 112 valence electrons. The number of nitrogens with zero attached hydrogens (tertiary/aromatic N) is 2. The van der Waals surface area contributed by atoms with Gasteiger partial charge in [0.1, 0.15) is 5.75 Å². The van der Waals surface area contributed by atoms with Crippen molar-refractivity contribution in [3.63, 3.8) is 0 Å². The zero-order valence-electron chi connectivity index (χ0n) is 12.0. The van der Waals surface area contributed by atoms with Crippen molar-refractivity contribution in [1.29, 1.82) is 0 Å². The van der Waals surface area contributed by atoms with Crippen molar-refractivity contribution in [2.45, 2.75) is 6.92 Å². The van der Waals surface area contributed by atoms with Gasteiger partial charge in [-0.1, -0.05) is 12.1 Å². The molecule has 0 radical (unpaired) electrons. The SMILES string of the molecule is CC1=C([N+](=O)[O-])CS(=O)(=O)/C1=C/c1ccc(N(C)C)cc1. The van der Waals surface area contributed by atoms with E-state index in [1.807, 2.05) is 31.1 Å². The zero-order valence-corrected chi connectivity index (χ0v) is 12.8. The van der Waals surface area contributed by atoms with Crippen LogP contribution in [0.1, 0.15) is 12.5 Å². The molecular formula is C14H16N2O4S. The van der Waals surface area contributed by atoms with Crippen molar-refractivity contribution < 1.29 is 13.3 Å². The van der Waals surface area contributed by atoms with Gasteiger partial charge in [-0.25, -0.2) is 8.42 Å². The van der Waals surface area contributed by atoms with Crippen LogP contribution >= 0.6 is 0 Å². The van der Waals surface area contributed by atoms with Crippen LogP contribution in [0.25, 0.3) is 6.08 Å². The van der Waals surface area contributed by atoms with Crippen LogP contribution in [0, 0.1) is 10.1 Å². The summed E-state index contributed by atoms with van der Waals surface area (Å²) < 4.78 is 24.1. The highest BCUT2D eigenvalue weighted by Gasteiger charge is 2.38. The molecule has 0 saturated carbocycles. The largest absolute Gasteiger partial charge is 0.378 e. The second kappa shape index (κ2) is 5.33. The van der Waals surface area contributed by atoms with Crippen LogP contribution in [0.4, 0.5) is 5.69 Å². The molecule has 7 heteroatoms. The lowest BCUT2D eigenvalue weighted by atomic mass is 10.1. The van der Waals surface area contributed by atoms with Crippen LogP contribution in [0.2, 0.25) is 0 Å². The summed E-state index contributed by atoms with van der Waals surface area (Å²) in [5.41, 5.74) is 1.66. The Hall–Kier alpha value is -2.15. The molecule has 1 aliphatic heterocycles. The second-order valence-corrected chi connectivity index (χ2v) is 7.04. The van der Waals surface area contributed by atoms with Gasteiger partial charge in [0, 0.05) is 25.4 Å². The highest BCUT2D eigenvalue weighted by Crippen LogP contribution is 2.32. The lowest BCUT2D eigenvalue weighted by Crippen LogP contribution is -2.08. The molecule has 2 rings (SSSR count). The van der Waals surface area contributed by atoms with Crippen LogP contribution in [-0.2, 0) is 9.84 Å². The fourth-order valence-corrected chi connectivity index (χ4v) is 3.89. The number of hydrogen-bond donors (Lipinski definition) is 0.